The van der Waals surface area contributed by atoms with Crippen molar-refractivity contribution in [2.75, 3.05) is 39.8 Å². The highest BCUT2D eigenvalue weighted by Gasteiger charge is 2.32. The monoisotopic (exact) mass is 411 g/mol. The maximum Gasteiger partial charge on any atom is 0.246 e. The molecule has 6 nitrogen and oxygen atoms in total. The largest absolute Gasteiger partial charge is 0.339 e. The van der Waals surface area contributed by atoms with Crippen LogP contribution < -0.4 is 0 Å². The minimum atomic E-state index is -3.88. The van der Waals surface area contributed by atoms with Crippen LogP contribution in [0.2, 0.25) is 0 Å². The zero-order valence-electron chi connectivity index (χ0n) is 16.5. The first kappa shape index (κ1) is 21.2. The van der Waals surface area contributed by atoms with Crippen molar-refractivity contribution < 1.29 is 17.6 Å². The van der Waals surface area contributed by atoms with Crippen molar-refractivity contribution in [3.8, 4) is 0 Å². The van der Waals surface area contributed by atoms with Crippen LogP contribution in [-0.2, 0) is 14.8 Å². The van der Waals surface area contributed by atoms with E-state index >= 15 is 0 Å². The topological polar surface area (TPSA) is 60.9 Å². The molecule has 1 saturated heterocycles. The van der Waals surface area contributed by atoms with Crippen LogP contribution in [0.4, 0.5) is 4.39 Å². The Hall–Kier alpha value is -1.51. The summed E-state index contributed by atoms with van der Waals surface area (Å²) in [7, 11) is -1.87. The molecule has 0 aromatic heterocycles. The summed E-state index contributed by atoms with van der Waals surface area (Å²) >= 11 is 0. The number of hydrogen-bond acceptors (Lipinski definition) is 4. The molecular formula is C20H30FN3O3S. The number of amides is 1. The van der Waals surface area contributed by atoms with Gasteiger partial charge in [0.25, 0.3) is 0 Å². The minimum Gasteiger partial charge on any atom is -0.339 e. The van der Waals surface area contributed by atoms with Gasteiger partial charge in [0.15, 0.2) is 0 Å². The van der Waals surface area contributed by atoms with Gasteiger partial charge < -0.3 is 4.90 Å². The molecule has 0 radical (unpaired) electrons. The third kappa shape index (κ3) is 4.90. The number of halogens is 1. The number of piperazine rings is 1. The van der Waals surface area contributed by atoms with Gasteiger partial charge >= 0.3 is 0 Å². The van der Waals surface area contributed by atoms with Crippen molar-refractivity contribution >= 4 is 15.9 Å². The molecule has 1 aliphatic heterocycles. The number of benzene rings is 1. The number of sulfonamides is 1. The predicted octanol–water partition coefficient (Wildman–Crippen LogP) is 2.31. The Labute approximate surface area is 167 Å². The average molecular weight is 412 g/mol. The number of carbonyl (C=O) groups excluding carboxylic acids is 1. The summed E-state index contributed by atoms with van der Waals surface area (Å²) in [6.07, 6.45) is 7.26. The third-order valence-corrected chi connectivity index (χ3v) is 7.81. The lowest BCUT2D eigenvalue weighted by molar-refractivity contribution is -0.133. The Kier molecular flexibility index (Phi) is 7.06. The molecule has 0 unspecified atom stereocenters. The minimum absolute atomic E-state index is 0.0367. The van der Waals surface area contributed by atoms with Gasteiger partial charge in [0, 0.05) is 32.2 Å². The van der Waals surface area contributed by atoms with Crippen molar-refractivity contribution in [3.05, 3.63) is 30.1 Å². The van der Waals surface area contributed by atoms with Crippen LogP contribution in [0.15, 0.2) is 29.2 Å². The molecule has 0 N–H and O–H groups in total. The van der Waals surface area contributed by atoms with Crippen LogP contribution in [-0.4, -0.2) is 74.2 Å². The van der Waals surface area contributed by atoms with E-state index in [1.807, 2.05) is 7.05 Å². The van der Waals surface area contributed by atoms with Crippen LogP contribution in [0, 0.1) is 5.82 Å². The second-order valence-corrected chi connectivity index (χ2v) is 9.68. The van der Waals surface area contributed by atoms with E-state index in [9.17, 15) is 17.6 Å². The molecule has 1 heterocycles. The summed E-state index contributed by atoms with van der Waals surface area (Å²) in [6, 6.07) is 5.86. The summed E-state index contributed by atoms with van der Waals surface area (Å²) in [5.74, 6) is -0.708. The standard InChI is InChI=1S/C20H30FN3O3S/c1-22(17-8-4-2-3-5-9-17)16-20(25)23-12-14-24(15-13-23)28(26,27)19-11-7-6-10-18(19)21/h6-7,10-11,17H,2-5,8-9,12-16H2,1H3. The van der Waals surface area contributed by atoms with Gasteiger partial charge in [-0.25, -0.2) is 12.8 Å². The van der Waals surface area contributed by atoms with Crippen LogP contribution >= 0.6 is 0 Å². The van der Waals surface area contributed by atoms with Crippen molar-refractivity contribution in [1.82, 2.24) is 14.1 Å². The SMILES string of the molecule is CN(CC(=O)N1CCN(S(=O)(=O)c2ccccc2F)CC1)C1CCCCCC1. The van der Waals surface area contributed by atoms with Gasteiger partial charge in [-0.2, -0.15) is 4.31 Å². The van der Waals surface area contributed by atoms with Crippen molar-refractivity contribution in [1.29, 1.82) is 0 Å². The first-order valence-corrected chi connectivity index (χ1v) is 11.6. The number of likely N-dealkylation sites (N-methyl/N-ethyl adjacent to an activating group) is 1. The van der Waals surface area contributed by atoms with Crippen LogP contribution in [0.5, 0.6) is 0 Å². The summed E-state index contributed by atoms with van der Waals surface area (Å²) in [4.78, 5) is 16.2. The van der Waals surface area contributed by atoms with E-state index in [1.165, 1.54) is 48.2 Å². The summed E-state index contributed by atoms with van der Waals surface area (Å²) in [6.45, 7) is 1.42. The average Bonchev–Trinajstić information content (AvgIpc) is 2.98. The molecule has 0 atom stereocenters. The highest BCUT2D eigenvalue weighted by molar-refractivity contribution is 7.89. The number of carbonyl (C=O) groups is 1. The first-order valence-electron chi connectivity index (χ1n) is 10.1. The maximum absolute atomic E-state index is 13.9. The van der Waals surface area contributed by atoms with E-state index in [-0.39, 0.29) is 23.9 Å². The second kappa shape index (κ2) is 9.33. The zero-order valence-corrected chi connectivity index (χ0v) is 17.3. The molecule has 2 fully saturated rings. The molecule has 8 heteroatoms. The Morgan fingerprint density at radius 1 is 1.07 bits per heavy atom. The van der Waals surface area contributed by atoms with E-state index in [4.69, 9.17) is 0 Å². The van der Waals surface area contributed by atoms with Crippen LogP contribution in [0.1, 0.15) is 38.5 Å². The Morgan fingerprint density at radius 3 is 2.29 bits per heavy atom. The van der Waals surface area contributed by atoms with Crippen molar-refractivity contribution in [2.24, 2.45) is 0 Å². The van der Waals surface area contributed by atoms with Crippen LogP contribution in [0.25, 0.3) is 0 Å². The number of rotatable bonds is 5. The van der Waals surface area contributed by atoms with Gasteiger partial charge in [0.05, 0.1) is 6.54 Å². The smallest absolute Gasteiger partial charge is 0.246 e. The first-order chi connectivity index (χ1) is 13.4. The molecule has 1 amide bonds. The maximum atomic E-state index is 13.9. The Morgan fingerprint density at radius 2 is 1.68 bits per heavy atom. The number of nitrogens with zero attached hydrogens (tertiary/aromatic N) is 3. The molecular weight excluding hydrogens is 381 g/mol. The van der Waals surface area contributed by atoms with Gasteiger partial charge in [-0.1, -0.05) is 37.8 Å². The van der Waals surface area contributed by atoms with E-state index in [0.29, 0.717) is 25.7 Å². The Bertz CT molecular complexity index is 771. The van der Waals surface area contributed by atoms with Gasteiger partial charge in [-0.3, -0.25) is 9.69 Å². The fourth-order valence-corrected chi connectivity index (χ4v) is 5.60. The molecule has 1 saturated carbocycles. The summed E-state index contributed by atoms with van der Waals surface area (Å²) in [5, 5.41) is 0. The second-order valence-electron chi connectivity index (χ2n) is 7.78. The third-order valence-electron chi connectivity index (χ3n) is 5.88. The van der Waals surface area contributed by atoms with E-state index in [1.54, 1.807) is 4.90 Å². The van der Waals surface area contributed by atoms with Crippen molar-refractivity contribution in [2.45, 2.75) is 49.5 Å². The number of hydrogen-bond donors (Lipinski definition) is 0. The molecule has 0 spiro atoms. The quantitative estimate of drug-likeness (QED) is 0.698. The molecule has 28 heavy (non-hydrogen) atoms. The molecule has 1 aromatic carbocycles. The highest BCUT2D eigenvalue weighted by atomic mass is 32.2. The molecule has 1 aromatic rings. The lowest BCUT2D eigenvalue weighted by atomic mass is 10.1. The van der Waals surface area contributed by atoms with Gasteiger partial charge in [0.1, 0.15) is 10.7 Å². The van der Waals surface area contributed by atoms with E-state index < -0.39 is 15.8 Å². The fraction of sp³-hybridized carbons (Fsp3) is 0.650. The summed E-state index contributed by atoms with van der Waals surface area (Å²) < 4.78 is 40.5. The molecule has 1 aliphatic carbocycles. The predicted molar refractivity (Wildman–Crippen MR) is 106 cm³/mol. The normalized spacial score (nSPS) is 20.3. The van der Waals surface area contributed by atoms with Gasteiger partial charge in [-0.15, -0.1) is 0 Å². The van der Waals surface area contributed by atoms with Gasteiger partial charge in [0.2, 0.25) is 15.9 Å². The zero-order chi connectivity index (χ0) is 20.1. The molecule has 156 valence electrons. The van der Waals surface area contributed by atoms with Gasteiger partial charge in [-0.05, 0) is 32.0 Å². The van der Waals surface area contributed by atoms with E-state index in [2.05, 4.69) is 4.90 Å². The Balaban J connectivity index is 1.54. The lowest BCUT2D eigenvalue weighted by Crippen LogP contribution is -2.53. The van der Waals surface area contributed by atoms with Crippen molar-refractivity contribution in [3.63, 3.8) is 0 Å². The molecule has 3 rings (SSSR count). The highest BCUT2D eigenvalue weighted by Crippen LogP contribution is 2.22. The summed E-state index contributed by atoms with van der Waals surface area (Å²) in [5.41, 5.74) is 0. The van der Waals surface area contributed by atoms with Crippen LogP contribution in [0.3, 0.4) is 0 Å². The molecule has 2 aliphatic rings. The fourth-order valence-electron chi connectivity index (χ4n) is 4.11. The molecule has 0 bridgehead atoms. The van der Waals surface area contributed by atoms with E-state index in [0.717, 1.165) is 18.9 Å². The lowest BCUT2D eigenvalue weighted by Gasteiger charge is -2.35.